The van der Waals surface area contributed by atoms with Crippen LogP contribution < -0.4 is 10.2 Å². The average molecular weight is 348 g/mol. The molecule has 2 heterocycles. The first kappa shape index (κ1) is 16.8. The topological polar surface area (TPSA) is 104 Å². The molecule has 1 atom stereocenters. The van der Waals surface area contributed by atoms with Gasteiger partial charge < -0.3 is 28.5 Å². The summed E-state index contributed by atoms with van der Waals surface area (Å²) in [7, 11) is 3.88. The normalized spacial score (nSPS) is 16.0. The molecule has 2 aromatic rings. The molecule has 132 valence electrons. The predicted octanol–water partition coefficient (Wildman–Crippen LogP) is 2.33. The van der Waals surface area contributed by atoms with Crippen molar-refractivity contribution in [1.82, 2.24) is 0 Å². The molecule has 1 aliphatic heterocycles. The van der Waals surface area contributed by atoms with Gasteiger partial charge in [-0.25, -0.2) is 4.79 Å². The number of phenols is 1. The van der Waals surface area contributed by atoms with Crippen LogP contribution in [0.25, 0.3) is 17.0 Å². The first-order chi connectivity index (χ1) is 11.9. The molecule has 0 fully saturated rings. The highest BCUT2D eigenvalue weighted by molar-refractivity contribution is 6.06. The summed E-state index contributed by atoms with van der Waals surface area (Å²) in [5, 5.41) is 10.2. The van der Waals surface area contributed by atoms with Crippen molar-refractivity contribution in [3.05, 3.63) is 38.9 Å². The zero-order valence-electron chi connectivity index (χ0n) is 14.0. The van der Waals surface area contributed by atoms with Gasteiger partial charge in [-0.05, 0) is 13.0 Å². The standard InChI is InChI=1S/C17H16O8/c1-7-5-9-12(17(23-4)24-7)14(19)11-8(16(20)22-3)6-10(21-2)13(18)15(11)25-9/h5-6,17-18H,1-4H3/t17-/m1/s1. The SMILES string of the molecule is COC(=O)c1cc(OC)c(O)c2oc3c(c(=O)c12)[C@H](OC)OC(C)=C3. The van der Waals surface area contributed by atoms with E-state index in [1.54, 1.807) is 6.92 Å². The van der Waals surface area contributed by atoms with E-state index in [1.165, 1.54) is 33.5 Å². The minimum atomic E-state index is -0.990. The van der Waals surface area contributed by atoms with Gasteiger partial charge in [-0.2, -0.15) is 0 Å². The van der Waals surface area contributed by atoms with Gasteiger partial charge >= 0.3 is 5.97 Å². The van der Waals surface area contributed by atoms with Gasteiger partial charge in [0.2, 0.25) is 17.5 Å². The summed E-state index contributed by atoms with van der Waals surface area (Å²) in [6.45, 7) is 1.67. The summed E-state index contributed by atoms with van der Waals surface area (Å²) in [6, 6.07) is 1.22. The van der Waals surface area contributed by atoms with E-state index in [1.807, 2.05) is 0 Å². The lowest BCUT2D eigenvalue weighted by Crippen LogP contribution is -2.23. The van der Waals surface area contributed by atoms with E-state index in [-0.39, 0.29) is 33.6 Å². The van der Waals surface area contributed by atoms with E-state index in [4.69, 9.17) is 23.4 Å². The summed E-state index contributed by atoms with van der Waals surface area (Å²) < 4.78 is 26.1. The number of ether oxygens (including phenoxy) is 4. The molecule has 1 N–H and O–H groups in total. The molecular formula is C17H16O8. The average Bonchev–Trinajstić information content (AvgIpc) is 2.61. The van der Waals surface area contributed by atoms with E-state index in [0.717, 1.165) is 0 Å². The lowest BCUT2D eigenvalue weighted by molar-refractivity contribution is -0.100. The number of methoxy groups -OCH3 is 3. The number of benzene rings is 1. The van der Waals surface area contributed by atoms with Crippen molar-refractivity contribution in [2.24, 2.45) is 0 Å². The van der Waals surface area contributed by atoms with Crippen molar-refractivity contribution in [3.63, 3.8) is 0 Å². The molecule has 0 aliphatic carbocycles. The minimum Gasteiger partial charge on any atom is -0.502 e. The van der Waals surface area contributed by atoms with Crippen molar-refractivity contribution in [3.8, 4) is 11.5 Å². The van der Waals surface area contributed by atoms with Crippen molar-refractivity contribution in [2.45, 2.75) is 13.2 Å². The van der Waals surface area contributed by atoms with Crippen LogP contribution in [0.2, 0.25) is 0 Å². The van der Waals surface area contributed by atoms with E-state index >= 15 is 0 Å². The van der Waals surface area contributed by atoms with Crippen LogP contribution in [-0.2, 0) is 14.2 Å². The molecule has 0 amide bonds. The van der Waals surface area contributed by atoms with Gasteiger partial charge in [0.25, 0.3) is 0 Å². The van der Waals surface area contributed by atoms with Gasteiger partial charge in [0, 0.05) is 13.2 Å². The molecule has 1 aromatic carbocycles. The van der Waals surface area contributed by atoms with Crippen LogP contribution in [-0.4, -0.2) is 32.4 Å². The number of phenolic OH excluding ortho intramolecular Hbond substituents is 1. The van der Waals surface area contributed by atoms with Gasteiger partial charge in [0.15, 0.2) is 11.3 Å². The van der Waals surface area contributed by atoms with Crippen molar-refractivity contribution in [2.75, 3.05) is 21.3 Å². The zero-order valence-corrected chi connectivity index (χ0v) is 14.0. The Hall–Kier alpha value is -3.00. The first-order valence-corrected chi connectivity index (χ1v) is 7.29. The second-order valence-corrected chi connectivity index (χ2v) is 5.32. The molecule has 1 aromatic heterocycles. The molecule has 0 saturated carbocycles. The first-order valence-electron chi connectivity index (χ1n) is 7.29. The fourth-order valence-corrected chi connectivity index (χ4v) is 2.73. The fourth-order valence-electron chi connectivity index (χ4n) is 2.73. The third-order valence-electron chi connectivity index (χ3n) is 3.87. The molecule has 3 rings (SSSR count). The van der Waals surface area contributed by atoms with Gasteiger partial charge in [-0.15, -0.1) is 0 Å². The minimum absolute atomic E-state index is 0.0212. The largest absolute Gasteiger partial charge is 0.502 e. The highest BCUT2D eigenvalue weighted by Gasteiger charge is 2.31. The molecular weight excluding hydrogens is 332 g/mol. The number of aromatic hydroxyl groups is 1. The van der Waals surface area contributed by atoms with Gasteiger partial charge in [-0.3, -0.25) is 4.79 Å². The fraction of sp³-hybridized carbons (Fsp3) is 0.294. The summed E-state index contributed by atoms with van der Waals surface area (Å²) >= 11 is 0. The van der Waals surface area contributed by atoms with Crippen molar-refractivity contribution < 1.29 is 33.3 Å². The number of esters is 1. The lowest BCUT2D eigenvalue weighted by atomic mass is 10.0. The Balaban J connectivity index is 2.50. The second kappa shape index (κ2) is 6.14. The maximum absolute atomic E-state index is 13.0. The van der Waals surface area contributed by atoms with E-state index in [9.17, 15) is 14.7 Å². The number of allylic oxidation sites excluding steroid dienone is 1. The molecule has 25 heavy (non-hydrogen) atoms. The number of fused-ring (bicyclic) bond motifs is 2. The Morgan fingerprint density at radius 2 is 2.00 bits per heavy atom. The molecule has 8 heteroatoms. The molecule has 0 bridgehead atoms. The van der Waals surface area contributed by atoms with Gasteiger partial charge in [0.05, 0.1) is 25.2 Å². The van der Waals surface area contributed by atoms with Crippen LogP contribution in [0.3, 0.4) is 0 Å². The highest BCUT2D eigenvalue weighted by Crippen LogP contribution is 2.39. The number of carbonyl (C=O) groups is 1. The van der Waals surface area contributed by atoms with Gasteiger partial charge in [-0.1, -0.05) is 0 Å². The number of hydrogen-bond acceptors (Lipinski definition) is 8. The number of hydrogen-bond donors (Lipinski definition) is 1. The van der Waals surface area contributed by atoms with Crippen LogP contribution in [0.15, 0.2) is 21.0 Å². The number of rotatable bonds is 3. The van der Waals surface area contributed by atoms with Crippen LogP contribution >= 0.6 is 0 Å². The summed E-state index contributed by atoms with van der Waals surface area (Å²) in [5.74, 6) is -0.540. The Morgan fingerprint density at radius 1 is 1.28 bits per heavy atom. The van der Waals surface area contributed by atoms with Crippen LogP contribution in [0.5, 0.6) is 11.5 Å². The van der Waals surface area contributed by atoms with Crippen LogP contribution in [0, 0.1) is 0 Å². The molecule has 0 saturated heterocycles. The van der Waals surface area contributed by atoms with Gasteiger partial charge in [0.1, 0.15) is 17.1 Å². The molecule has 0 radical (unpaired) electrons. The maximum atomic E-state index is 13.0. The molecule has 0 unspecified atom stereocenters. The van der Waals surface area contributed by atoms with Crippen molar-refractivity contribution >= 4 is 23.0 Å². The maximum Gasteiger partial charge on any atom is 0.338 e. The second-order valence-electron chi connectivity index (χ2n) is 5.32. The third-order valence-corrected chi connectivity index (χ3v) is 3.87. The smallest absolute Gasteiger partial charge is 0.338 e. The Labute approximate surface area is 142 Å². The Kier molecular flexibility index (Phi) is 4.13. The molecule has 8 nitrogen and oxygen atoms in total. The quantitative estimate of drug-likeness (QED) is 0.843. The van der Waals surface area contributed by atoms with Crippen molar-refractivity contribution in [1.29, 1.82) is 0 Å². The molecule has 0 spiro atoms. The van der Waals surface area contributed by atoms with Crippen LogP contribution in [0.1, 0.15) is 34.9 Å². The number of carbonyl (C=O) groups excluding carboxylic acids is 1. The lowest BCUT2D eigenvalue weighted by Gasteiger charge is -2.23. The summed E-state index contributed by atoms with van der Waals surface area (Å²) in [6.07, 6.45) is 0.512. The summed E-state index contributed by atoms with van der Waals surface area (Å²) in [4.78, 5) is 25.1. The Bertz CT molecular complexity index is 953. The van der Waals surface area contributed by atoms with E-state index in [2.05, 4.69) is 0 Å². The van der Waals surface area contributed by atoms with Crippen LogP contribution in [0.4, 0.5) is 0 Å². The summed E-state index contributed by atoms with van der Waals surface area (Å²) in [5.41, 5.74) is -0.741. The predicted molar refractivity (Wildman–Crippen MR) is 86.5 cm³/mol. The highest BCUT2D eigenvalue weighted by atomic mass is 16.7. The zero-order chi connectivity index (χ0) is 18.3. The Morgan fingerprint density at radius 3 is 2.60 bits per heavy atom. The molecule has 1 aliphatic rings. The monoisotopic (exact) mass is 348 g/mol. The third kappa shape index (κ3) is 2.51. The van der Waals surface area contributed by atoms with E-state index < -0.39 is 23.4 Å². The van der Waals surface area contributed by atoms with E-state index in [0.29, 0.717) is 5.76 Å².